The van der Waals surface area contributed by atoms with E-state index < -0.39 is 11.4 Å². The summed E-state index contributed by atoms with van der Waals surface area (Å²) in [5.41, 5.74) is -0.780. The van der Waals surface area contributed by atoms with E-state index in [2.05, 4.69) is 0 Å². The fourth-order valence-electron chi connectivity index (χ4n) is 2.85. The number of carboxylic acid groups (broad SMARTS) is 1. The molecule has 0 aliphatic carbocycles. The van der Waals surface area contributed by atoms with Crippen molar-refractivity contribution < 1.29 is 14.7 Å². The molecule has 1 atom stereocenters. The lowest BCUT2D eigenvalue weighted by atomic mass is 9.78. The minimum absolute atomic E-state index is 0.0813. The highest BCUT2D eigenvalue weighted by Gasteiger charge is 2.42. The fourth-order valence-corrected chi connectivity index (χ4v) is 3.61. The van der Waals surface area contributed by atoms with Gasteiger partial charge in [-0.3, -0.25) is 4.79 Å². The lowest BCUT2D eigenvalue weighted by molar-refractivity contribution is -0.152. The highest BCUT2D eigenvalue weighted by atomic mass is 32.1. The van der Waals surface area contributed by atoms with E-state index in [0.29, 0.717) is 32.5 Å². The van der Waals surface area contributed by atoms with Gasteiger partial charge in [-0.25, -0.2) is 4.79 Å². The Morgan fingerprint density at radius 3 is 2.86 bits per heavy atom. The fraction of sp³-hybridized carbons (Fsp3) is 0.600. The standard InChI is InChI=1S/C15H22N2O3S/c1-3-15(13(18)19)7-5-8-17(11-15)14(20)16(2)10-12-6-4-9-21-12/h4,6,9H,3,5,7-8,10-11H2,1-2H3,(H,18,19). The van der Waals surface area contributed by atoms with Crippen LogP contribution in [0.4, 0.5) is 4.79 Å². The minimum Gasteiger partial charge on any atom is -0.481 e. The molecule has 1 saturated heterocycles. The maximum Gasteiger partial charge on any atom is 0.320 e. The number of thiophene rings is 1. The predicted molar refractivity (Wildman–Crippen MR) is 82.3 cm³/mol. The van der Waals surface area contributed by atoms with E-state index in [1.54, 1.807) is 28.2 Å². The van der Waals surface area contributed by atoms with Crippen LogP contribution < -0.4 is 0 Å². The number of amides is 2. The van der Waals surface area contributed by atoms with Crippen LogP contribution in [-0.2, 0) is 11.3 Å². The Bertz CT molecular complexity index is 503. The van der Waals surface area contributed by atoms with Gasteiger partial charge in [-0.05, 0) is 30.7 Å². The van der Waals surface area contributed by atoms with Crippen LogP contribution in [0.15, 0.2) is 17.5 Å². The molecule has 2 amide bonds. The first-order valence-corrected chi connectivity index (χ1v) is 8.12. The Balaban J connectivity index is 2.03. The van der Waals surface area contributed by atoms with Crippen molar-refractivity contribution in [1.29, 1.82) is 0 Å². The van der Waals surface area contributed by atoms with Crippen molar-refractivity contribution in [2.24, 2.45) is 5.41 Å². The molecule has 1 unspecified atom stereocenters. The molecule has 5 nitrogen and oxygen atoms in total. The van der Waals surface area contributed by atoms with Crippen molar-refractivity contribution in [1.82, 2.24) is 9.80 Å². The molecular formula is C15H22N2O3S. The minimum atomic E-state index is -0.789. The molecule has 1 aliphatic heterocycles. The number of aliphatic carboxylic acids is 1. The molecule has 0 bridgehead atoms. The Kier molecular flexibility index (Phi) is 4.88. The van der Waals surface area contributed by atoms with Crippen molar-refractivity contribution >= 4 is 23.3 Å². The third-order valence-corrected chi connectivity index (χ3v) is 5.14. The molecule has 2 heterocycles. The molecule has 116 valence electrons. The number of nitrogens with zero attached hydrogens (tertiary/aromatic N) is 2. The number of carbonyl (C=O) groups excluding carboxylic acids is 1. The van der Waals surface area contributed by atoms with Gasteiger partial charge in [-0.15, -0.1) is 11.3 Å². The monoisotopic (exact) mass is 310 g/mol. The summed E-state index contributed by atoms with van der Waals surface area (Å²) in [6.07, 6.45) is 1.96. The zero-order chi connectivity index (χ0) is 15.5. The van der Waals surface area contributed by atoms with Crippen molar-refractivity contribution in [3.05, 3.63) is 22.4 Å². The van der Waals surface area contributed by atoms with Crippen LogP contribution in [0.2, 0.25) is 0 Å². The zero-order valence-electron chi connectivity index (χ0n) is 12.5. The third-order valence-electron chi connectivity index (χ3n) is 4.28. The van der Waals surface area contributed by atoms with Crippen molar-refractivity contribution in [3.8, 4) is 0 Å². The zero-order valence-corrected chi connectivity index (χ0v) is 13.4. The molecule has 1 aliphatic rings. The molecule has 6 heteroatoms. The van der Waals surface area contributed by atoms with E-state index in [1.807, 2.05) is 24.4 Å². The highest BCUT2D eigenvalue weighted by molar-refractivity contribution is 7.09. The quantitative estimate of drug-likeness (QED) is 0.930. The first-order chi connectivity index (χ1) is 9.98. The average molecular weight is 310 g/mol. The molecule has 1 aromatic rings. The number of urea groups is 1. The van der Waals surface area contributed by atoms with Gasteiger partial charge >= 0.3 is 12.0 Å². The highest BCUT2D eigenvalue weighted by Crippen LogP contribution is 2.34. The second-order valence-corrected chi connectivity index (χ2v) is 6.71. The van der Waals surface area contributed by atoms with E-state index in [0.717, 1.165) is 11.3 Å². The van der Waals surface area contributed by atoms with Gasteiger partial charge < -0.3 is 14.9 Å². The molecular weight excluding hydrogens is 288 g/mol. The second-order valence-electron chi connectivity index (χ2n) is 5.68. The van der Waals surface area contributed by atoms with Crippen LogP contribution in [0, 0.1) is 5.41 Å². The summed E-state index contributed by atoms with van der Waals surface area (Å²) >= 11 is 1.62. The van der Waals surface area contributed by atoms with E-state index in [4.69, 9.17) is 0 Å². The van der Waals surface area contributed by atoms with Crippen LogP contribution >= 0.6 is 11.3 Å². The van der Waals surface area contributed by atoms with Crippen LogP contribution in [0.1, 0.15) is 31.1 Å². The van der Waals surface area contributed by atoms with Gasteiger partial charge in [0.1, 0.15) is 0 Å². The van der Waals surface area contributed by atoms with E-state index in [9.17, 15) is 14.7 Å². The number of hydrogen-bond acceptors (Lipinski definition) is 3. The predicted octanol–water partition coefficient (Wildman–Crippen LogP) is 2.88. The van der Waals surface area contributed by atoms with Gasteiger partial charge in [-0.1, -0.05) is 13.0 Å². The first-order valence-electron chi connectivity index (χ1n) is 7.24. The van der Waals surface area contributed by atoms with Crippen molar-refractivity contribution in [2.75, 3.05) is 20.1 Å². The van der Waals surface area contributed by atoms with E-state index in [-0.39, 0.29) is 6.03 Å². The van der Waals surface area contributed by atoms with Crippen LogP contribution in [0.3, 0.4) is 0 Å². The lowest BCUT2D eigenvalue weighted by Gasteiger charge is -2.40. The molecule has 0 spiro atoms. The largest absolute Gasteiger partial charge is 0.481 e. The van der Waals surface area contributed by atoms with Crippen molar-refractivity contribution in [3.63, 3.8) is 0 Å². The molecule has 0 radical (unpaired) electrons. The second kappa shape index (κ2) is 6.47. The summed E-state index contributed by atoms with van der Waals surface area (Å²) in [5, 5.41) is 11.5. The SMILES string of the molecule is CCC1(C(=O)O)CCCN(C(=O)N(C)Cc2cccs2)C1. The number of rotatable bonds is 4. The maximum absolute atomic E-state index is 12.5. The lowest BCUT2D eigenvalue weighted by Crippen LogP contribution is -2.52. The third kappa shape index (κ3) is 3.37. The number of hydrogen-bond donors (Lipinski definition) is 1. The summed E-state index contributed by atoms with van der Waals surface area (Å²) in [6, 6.07) is 3.88. The van der Waals surface area contributed by atoms with Gasteiger partial charge in [0.2, 0.25) is 0 Å². The summed E-state index contributed by atoms with van der Waals surface area (Å²) in [4.78, 5) is 28.5. The number of carboxylic acids is 1. The van der Waals surface area contributed by atoms with Crippen LogP contribution in [0.5, 0.6) is 0 Å². The first kappa shape index (κ1) is 15.8. The number of carbonyl (C=O) groups is 2. The molecule has 1 fully saturated rings. The van der Waals surface area contributed by atoms with Crippen molar-refractivity contribution in [2.45, 2.75) is 32.7 Å². The smallest absolute Gasteiger partial charge is 0.320 e. The Morgan fingerprint density at radius 2 is 2.29 bits per heavy atom. The van der Waals surface area contributed by atoms with E-state index in [1.165, 1.54) is 0 Å². The maximum atomic E-state index is 12.5. The number of likely N-dealkylation sites (tertiary alicyclic amines) is 1. The number of piperidine rings is 1. The topological polar surface area (TPSA) is 60.9 Å². The van der Waals surface area contributed by atoms with Gasteiger partial charge in [0.25, 0.3) is 0 Å². The molecule has 1 N–H and O–H groups in total. The molecule has 1 aromatic heterocycles. The average Bonchev–Trinajstić information content (AvgIpc) is 2.99. The van der Waals surface area contributed by atoms with Gasteiger partial charge in [-0.2, -0.15) is 0 Å². The molecule has 21 heavy (non-hydrogen) atoms. The summed E-state index contributed by atoms with van der Waals surface area (Å²) in [6.45, 7) is 3.41. The molecule has 2 rings (SSSR count). The summed E-state index contributed by atoms with van der Waals surface area (Å²) < 4.78 is 0. The summed E-state index contributed by atoms with van der Waals surface area (Å²) in [5.74, 6) is -0.789. The Hall–Kier alpha value is -1.56. The Labute approximate surface area is 129 Å². The normalized spacial score (nSPS) is 22.1. The molecule has 0 aromatic carbocycles. The Morgan fingerprint density at radius 1 is 1.52 bits per heavy atom. The van der Waals surface area contributed by atoms with Gasteiger partial charge in [0, 0.05) is 25.0 Å². The summed E-state index contributed by atoms with van der Waals surface area (Å²) in [7, 11) is 1.77. The molecule has 0 saturated carbocycles. The van der Waals surface area contributed by atoms with Crippen LogP contribution in [-0.4, -0.2) is 47.0 Å². The van der Waals surface area contributed by atoms with Crippen LogP contribution in [0.25, 0.3) is 0 Å². The van der Waals surface area contributed by atoms with E-state index >= 15 is 0 Å². The van der Waals surface area contributed by atoms with Gasteiger partial charge in [0.05, 0.1) is 12.0 Å². The van der Waals surface area contributed by atoms with Gasteiger partial charge in [0.15, 0.2) is 0 Å².